The molecule has 1 aromatic carbocycles. The molecule has 0 heterocycles. The summed E-state index contributed by atoms with van der Waals surface area (Å²) in [5.74, 6) is 1.66. The maximum atomic E-state index is 5.63. The Hall–Kier alpha value is -0.680. The predicted octanol–water partition coefficient (Wildman–Crippen LogP) is 3.37. The number of hydrogen-bond donors (Lipinski definition) is 1. The third-order valence-electron chi connectivity index (χ3n) is 2.90. The van der Waals surface area contributed by atoms with E-state index in [1.165, 1.54) is 5.56 Å². The minimum absolute atomic E-state index is 0. The van der Waals surface area contributed by atoms with Crippen molar-refractivity contribution in [3.63, 3.8) is 0 Å². The van der Waals surface area contributed by atoms with Crippen molar-refractivity contribution in [1.29, 1.82) is 0 Å². The lowest BCUT2D eigenvalue weighted by molar-refractivity contribution is 0.287. The fourth-order valence-corrected chi connectivity index (χ4v) is 1.96. The van der Waals surface area contributed by atoms with Gasteiger partial charge in [-0.05, 0) is 65.1 Å². The lowest BCUT2D eigenvalue weighted by Crippen LogP contribution is -2.21. The highest BCUT2D eigenvalue weighted by Gasteiger charge is 2.05. The molecule has 1 N–H and O–H groups in total. The second kappa shape index (κ2) is 13.9. The molecular formula is C16H30Cl2N2O2. The van der Waals surface area contributed by atoms with Gasteiger partial charge in [0.25, 0.3) is 0 Å². The topological polar surface area (TPSA) is 33.7 Å². The van der Waals surface area contributed by atoms with Gasteiger partial charge in [0, 0.05) is 6.54 Å². The molecule has 1 rings (SSSR count). The average Bonchev–Trinajstić information content (AvgIpc) is 2.41. The normalized spacial score (nSPS) is 9.86. The second-order valence-corrected chi connectivity index (χ2v) is 4.98. The van der Waals surface area contributed by atoms with Gasteiger partial charge in [-0.3, -0.25) is 0 Å². The number of ether oxygens (including phenoxy) is 2. The molecule has 0 unspecified atom stereocenters. The zero-order valence-electron chi connectivity index (χ0n) is 14.1. The van der Waals surface area contributed by atoms with Gasteiger partial charge < -0.3 is 19.7 Å². The van der Waals surface area contributed by atoms with Crippen molar-refractivity contribution in [2.75, 3.05) is 40.4 Å². The van der Waals surface area contributed by atoms with Crippen molar-refractivity contribution in [1.82, 2.24) is 10.2 Å². The van der Waals surface area contributed by atoms with Crippen molar-refractivity contribution in [2.45, 2.75) is 26.8 Å². The molecule has 4 nitrogen and oxygen atoms in total. The summed E-state index contributed by atoms with van der Waals surface area (Å²) in [4.78, 5) is 2.20. The van der Waals surface area contributed by atoms with Crippen LogP contribution in [-0.2, 0) is 6.54 Å². The Morgan fingerprint density at radius 3 is 2.23 bits per heavy atom. The Morgan fingerprint density at radius 2 is 1.64 bits per heavy atom. The summed E-state index contributed by atoms with van der Waals surface area (Å²) < 4.78 is 11.2. The van der Waals surface area contributed by atoms with Crippen LogP contribution in [-0.4, -0.2) is 45.3 Å². The van der Waals surface area contributed by atoms with Crippen LogP contribution in [0.2, 0.25) is 0 Å². The molecule has 0 aliphatic rings. The van der Waals surface area contributed by atoms with Gasteiger partial charge in [0.2, 0.25) is 0 Å². The first-order valence-electron chi connectivity index (χ1n) is 7.41. The van der Waals surface area contributed by atoms with Crippen LogP contribution in [0.1, 0.15) is 25.8 Å². The zero-order valence-corrected chi connectivity index (χ0v) is 15.7. The van der Waals surface area contributed by atoms with E-state index in [1.807, 2.05) is 19.9 Å². The third kappa shape index (κ3) is 9.36. The molecule has 130 valence electrons. The van der Waals surface area contributed by atoms with E-state index in [0.717, 1.165) is 37.6 Å². The smallest absolute Gasteiger partial charge is 0.161 e. The highest BCUT2D eigenvalue weighted by atomic mass is 35.5. The van der Waals surface area contributed by atoms with Crippen molar-refractivity contribution in [2.24, 2.45) is 0 Å². The molecule has 0 aliphatic heterocycles. The molecule has 0 saturated heterocycles. The molecule has 0 aromatic heterocycles. The predicted molar refractivity (Wildman–Crippen MR) is 98.2 cm³/mol. The fraction of sp³-hybridized carbons (Fsp3) is 0.625. The number of hydrogen-bond acceptors (Lipinski definition) is 4. The largest absolute Gasteiger partial charge is 0.490 e. The highest BCUT2D eigenvalue weighted by Crippen LogP contribution is 2.28. The van der Waals surface area contributed by atoms with Gasteiger partial charge in [0.15, 0.2) is 11.5 Å². The van der Waals surface area contributed by atoms with Crippen molar-refractivity contribution in [3.8, 4) is 11.5 Å². The van der Waals surface area contributed by atoms with Gasteiger partial charge in [0.1, 0.15) is 0 Å². The highest BCUT2D eigenvalue weighted by molar-refractivity contribution is 5.85. The number of rotatable bonds is 10. The molecule has 0 aliphatic carbocycles. The molecule has 1 aromatic rings. The van der Waals surface area contributed by atoms with Gasteiger partial charge in [-0.15, -0.1) is 24.8 Å². The number of nitrogens with one attached hydrogen (secondary N) is 1. The number of nitrogens with zero attached hydrogens (tertiary/aromatic N) is 1. The van der Waals surface area contributed by atoms with Gasteiger partial charge in [-0.2, -0.15) is 0 Å². The van der Waals surface area contributed by atoms with E-state index >= 15 is 0 Å². The monoisotopic (exact) mass is 352 g/mol. The van der Waals surface area contributed by atoms with Crippen LogP contribution in [0, 0.1) is 0 Å². The second-order valence-electron chi connectivity index (χ2n) is 4.98. The summed E-state index contributed by atoms with van der Waals surface area (Å²) in [6.07, 6.45) is 1.16. The number of halogens is 2. The lowest BCUT2D eigenvalue weighted by atomic mass is 10.2. The molecule has 0 atom stereocenters. The first kappa shape index (κ1) is 23.6. The molecule has 0 bridgehead atoms. The van der Waals surface area contributed by atoms with Gasteiger partial charge >= 0.3 is 0 Å². The molecule has 0 amide bonds. The number of benzene rings is 1. The van der Waals surface area contributed by atoms with Crippen molar-refractivity contribution in [3.05, 3.63) is 23.8 Å². The quantitative estimate of drug-likeness (QED) is 0.654. The summed E-state index contributed by atoms with van der Waals surface area (Å²) in [6.45, 7) is 8.27. The average molecular weight is 353 g/mol. The summed E-state index contributed by atoms with van der Waals surface area (Å²) in [7, 11) is 4.20. The molecule has 0 saturated carbocycles. The van der Waals surface area contributed by atoms with Crippen molar-refractivity contribution >= 4 is 24.8 Å². The first-order chi connectivity index (χ1) is 9.67. The standard InChI is InChI=1S/C16H28N2O2.2ClH/c1-5-19-15-9-8-14(12-16(15)20-6-2)13-17-10-7-11-18(3)4;;/h8-9,12,17H,5-7,10-11,13H2,1-4H3;2*1H. The van der Waals surface area contributed by atoms with Gasteiger partial charge in [0.05, 0.1) is 13.2 Å². The fourth-order valence-electron chi connectivity index (χ4n) is 1.96. The third-order valence-corrected chi connectivity index (χ3v) is 2.90. The Morgan fingerprint density at radius 1 is 1.00 bits per heavy atom. The Labute approximate surface area is 147 Å². The van der Waals surface area contributed by atoms with Crippen LogP contribution in [0.3, 0.4) is 0 Å². The van der Waals surface area contributed by atoms with Crippen LogP contribution in [0.5, 0.6) is 11.5 Å². The van der Waals surface area contributed by atoms with E-state index in [-0.39, 0.29) is 24.8 Å². The van der Waals surface area contributed by atoms with E-state index in [2.05, 4.69) is 36.4 Å². The van der Waals surface area contributed by atoms with Crippen LogP contribution in [0.25, 0.3) is 0 Å². The first-order valence-corrected chi connectivity index (χ1v) is 7.41. The maximum Gasteiger partial charge on any atom is 0.161 e. The van der Waals surface area contributed by atoms with E-state index in [1.54, 1.807) is 0 Å². The minimum Gasteiger partial charge on any atom is -0.490 e. The van der Waals surface area contributed by atoms with Crippen LogP contribution < -0.4 is 14.8 Å². The summed E-state index contributed by atoms with van der Waals surface area (Å²) in [6, 6.07) is 6.14. The van der Waals surface area contributed by atoms with Crippen molar-refractivity contribution < 1.29 is 9.47 Å². The summed E-state index contributed by atoms with van der Waals surface area (Å²) in [5, 5.41) is 3.45. The Bertz CT molecular complexity index is 390. The molecule has 0 radical (unpaired) electrons. The van der Waals surface area contributed by atoms with E-state index in [4.69, 9.17) is 9.47 Å². The molecule has 22 heavy (non-hydrogen) atoms. The van der Waals surface area contributed by atoms with Crippen LogP contribution in [0.4, 0.5) is 0 Å². The molecular weight excluding hydrogens is 323 g/mol. The SMILES string of the molecule is CCOc1ccc(CNCCCN(C)C)cc1OCC.Cl.Cl. The van der Waals surface area contributed by atoms with Gasteiger partial charge in [-0.25, -0.2) is 0 Å². The van der Waals surface area contributed by atoms with E-state index in [0.29, 0.717) is 13.2 Å². The molecule has 0 fully saturated rings. The van der Waals surface area contributed by atoms with Gasteiger partial charge in [-0.1, -0.05) is 6.07 Å². The minimum atomic E-state index is 0. The molecule has 6 heteroatoms. The van der Waals surface area contributed by atoms with E-state index in [9.17, 15) is 0 Å². The van der Waals surface area contributed by atoms with Crippen LogP contribution >= 0.6 is 24.8 Å². The summed E-state index contributed by atoms with van der Waals surface area (Å²) >= 11 is 0. The van der Waals surface area contributed by atoms with E-state index < -0.39 is 0 Å². The Balaban J connectivity index is 0. The Kier molecular flexibility index (Phi) is 15.0. The zero-order chi connectivity index (χ0) is 14.8. The van der Waals surface area contributed by atoms with Crippen LogP contribution in [0.15, 0.2) is 18.2 Å². The maximum absolute atomic E-state index is 5.63. The molecule has 0 spiro atoms. The summed E-state index contributed by atoms with van der Waals surface area (Å²) in [5.41, 5.74) is 1.22. The lowest BCUT2D eigenvalue weighted by Gasteiger charge is -2.13.